The summed E-state index contributed by atoms with van der Waals surface area (Å²) in [6.45, 7) is 0. The Morgan fingerprint density at radius 1 is 1.30 bits per heavy atom. The molecule has 0 saturated heterocycles. The number of rotatable bonds is 3. The first kappa shape index (κ1) is 14.4. The van der Waals surface area contributed by atoms with E-state index in [0.29, 0.717) is 12.1 Å². The number of nitrogens with one attached hydrogen (secondary N) is 2. The fourth-order valence-electron chi connectivity index (χ4n) is 1.37. The first-order valence-electron chi connectivity index (χ1n) is 5.03. The zero-order valence-corrected chi connectivity index (χ0v) is 11.1. The number of hydrogen-bond donors (Lipinski definition) is 2. The molecule has 0 saturated carbocycles. The first-order valence-corrected chi connectivity index (χ1v) is 7.34. The third-order valence-corrected chi connectivity index (χ3v) is 3.61. The van der Waals surface area contributed by atoms with Gasteiger partial charge < -0.3 is 5.32 Å². The second kappa shape index (κ2) is 5.17. The topological polar surface area (TPSA) is 91.9 Å². The zero-order chi connectivity index (χ0) is 14.9. The summed E-state index contributed by atoms with van der Waals surface area (Å²) in [5.41, 5.74) is -0.800. The summed E-state index contributed by atoms with van der Waals surface area (Å²) < 4.78 is 49.3. The fraction of sp³-hybridized carbons (Fsp3) is 0. The van der Waals surface area contributed by atoms with E-state index in [2.05, 4.69) is 10.2 Å². The molecule has 0 radical (unpaired) electrons. The number of hydrogen-bond acceptors (Lipinski definition) is 4. The molecule has 2 aromatic rings. The van der Waals surface area contributed by atoms with Gasteiger partial charge in [0, 0.05) is 16.9 Å². The molecule has 0 fully saturated rings. The fourth-order valence-corrected chi connectivity index (χ4v) is 2.13. The van der Waals surface area contributed by atoms with Crippen LogP contribution in [0.4, 0.5) is 14.5 Å². The average Bonchev–Trinajstić information content (AvgIpc) is 2.85. The van der Waals surface area contributed by atoms with E-state index in [9.17, 15) is 22.0 Å². The lowest BCUT2D eigenvalue weighted by Crippen LogP contribution is -2.15. The average molecular weight is 322 g/mol. The minimum Gasteiger partial charge on any atom is -0.316 e. The summed E-state index contributed by atoms with van der Waals surface area (Å²) in [5, 5.41) is 7.78. The number of aromatic nitrogens is 2. The number of aromatic amines is 1. The number of benzene rings is 1. The Labute approximate surface area is 116 Å². The normalized spacial score (nSPS) is 11.3. The van der Waals surface area contributed by atoms with Crippen LogP contribution >= 0.6 is 10.7 Å². The largest absolute Gasteiger partial charge is 0.316 e. The minimum atomic E-state index is -4.27. The summed E-state index contributed by atoms with van der Waals surface area (Å²) in [5.74, 6) is -3.36. The van der Waals surface area contributed by atoms with E-state index >= 15 is 0 Å². The summed E-state index contributed by atoms with van der Waals surface area (Å²) in [6, 6.07) is 2.31. The van der Waals surface area contributed by atoms with Crippen LogP contribution in [0, 0.1) is 11.6 Å². The van der Waals surface area contributed by atoms with Gasteiger partial charge in [-0.1, -0.05) is 0 Å². The van der Waals surface area contributed by atoms with Crippen molar-refractivity contribution in [3.05, 3.63) is 41.7 Å². The van der Waals surface area contributed by atoms with Crippen LogP contribution in [0.5, 0.6) is 0 Å². The van der Waals surface area contributed by atoms with Crippen molar-refractivity contribution in [3.8, 4) is 0 Å². The van der Waals surface area contributed by atoms with Gasteiger partial charge in [-0.15, -0.1) is 0 Å². The summed E-state index contributed by atoms with van der Waals surface area (Å²) in [4.78, 5) is 10.9. The van der Waals surface area contributed by atoms with Gasteiger partial charge in [0.05, 0.1) is 4.90 Å². The molecule has 0 aliphatic heterocycles. The van der Waals surface area contributed by atoms with Gasteiger partial charge in [-0.05, 0) is 18.2 Å². The van der Waals surface area contributed by atoms with Crippen molar-refractivity contribution in [3.63, 3.8) is 0 Å². The molecule has 2 N–H and O–H groups in total. The van der Waals surface area contributed by atoms with Crippen molar-refractivity contribution >= 4 is 31.3 Å². The van der Waals surface area contributed by atoms with Gasteiger partial charge in [-0.3, -0.25) is 9.89 Å². The number of nitrogens with zero attached hydrogens (tertiary/aromatic N) is 1. The highest BCUT2D eigenvalue weighted by molar-refractivity contribution is 8.13. The molecule has 0 unspecified atom stereocenters. The lowest BCUT2D eigenvalue weighted by atomic mass is 10.2. The number of H-pyrrole nitrogens is 1. The van der Waals surface area contributed by atoms with Crippen LogP contribution in [0.15, 0.2) is 29.3 Å². The molecule has 10 heteroatoms. The quantitative estimate of drug-likeness (QED) is 0.844. The molecule has 0 atom stereocenters. The van der Waals surface area contributed by atoms with E-state index in [1.54, 1.807) is 0 Å². The van der Waals surface area contributed by atoms with Gasteiger partial charge in [0.15, 0.2) is 11.6 Å². The maximum absolute atomic E-state index is 13.6. The summed E-state index contributed by atoms with van der Waals surface area (Å²) >= 11 is 0. The molecule has 0 aliphatic rings. The molecule has 6 nitrogen and oxygen atoms in total. The molecule has 1 amide bonds. The van der Waals surface area contributed by atoms with Gasteiger partial charge in [-0.25, -0.2) is 17.2 Å². The Balaban J connectivity index is 2.37. The van der Waals surface area contributed by atoms with Crippen LogP contribution in [0.25, 0.3) is 0 Å². The number of halogens is 3. The molecule has 1 aromatic carbocycles. The van der Waals surface area contributed by atoms with Crippen molar-refractivity contribution < 1.29 is 22.0 Å². The van der Waals surface area contributed by atoms with E-state index in [1.165, 1.54) is 12.3 Å². The van der Waals surface area contributed by atoms with E-state index in [4.69, 9.17) is 10.7 Å². The summed E-state index contributed by atoms with van der Waals surface area (Å²) in [7, 11) is 0.707. The standard InChI is InChI=1S/C10H6ClF2N3O3S/c11-20(18,19)5-3-6(12)9(7(13)4-5)15-10(17)8-1-2-14-16-8/h1-4H,(H,14,16)(H,15,17). The lowest BCUT2D eigenvalue weighted by molar-refractivity contribution is 0.102. The van der Waals surface area contributed by atoms with Crippen LogP contribution in [0.2, 0.25) is 0 Å². The maximum atomic E-state index is 13.6. The van der Waals surface area contributed by atoms with Crippen molar-refractivity contribution in [2.24, 2.45) is 0 Å². The van der Waals surface area contributed by atoms with E-state index in [1.807, 2.05) is 5.32 Å². The minimum absolute atomic E-state index is 0.0159. The second-order valence-corrected chi connectivity index (χ2v) is 6.19. The lowest BCUT2D eigenvalue weighted by Gasteiger charge is -2.07. The molecular formula is C10H6ClF2N3O3S. The second-order valence-electron chi connectivity index (χ2n) is 3.62. The van der Waals surface area contributed by atoms with Gasteiger partial charge in [0.2, 0.25) is 0 Å². The first-order chi connectivity index (χ1) is 9.29. The van der Waals surface area contributed by atoms with Crippen LogP contribution in [0.3, 0.4) is 0 Å². The Bertz CT molecular complexity index is 739. The summed E-state index contributed by atoms with van der Waals surface area (Å²) in [6.07, 6.45) is 1.28. The third kappa shape index (κ3) is 2.94. The van der Waals surface area contributed by atoms with Gasteiger partial charge in [0.1, 0.15) is 11.4 Å². The maximum Gasteiger partial charge on any atom is 0.273 e. The van der Waals surface area contributed by atoms with Crippen LogP contribution in [-0.4, -0.2) is 24.5 Å². The number of anilines is 1. The molecule has 0 aliphatic carbocycles. The molecule has 1 heterocycles. The number of carbonyl (C=O) groups is 1. The van der Waals surface area contributed by atoms with Crippen LogP contribution in [0.1, 0.15) is 10.5 Å². The smallest absolute Gasteiger partial charge is 0.273 e. The van der Waals surface area contributed by atoms with Crippen LogP contribution < -0.4 is 5.32 Å². The molecule has 2 rings (SSSR count). The highest BCUT2D eigenvalue weighted by atomic mass is 35.7. The Morgan fingerprint density at radius 2 is 1.90 bits per heavy atom. The van der Waals surface area contributed by atoms with Gasteiger partial charge in [0.25, 0.3) is 15.0 Å². The van der Waals surface area contributed by atoms with Crippen molar-refractivity contribution in [2.75, 3.05) is 5.32 Å². The van der Waals surface area contributed by atoms with Crippen molar-refractivity contribution in [2.45, 2.75) is 4.90 Å². The molecule has 20 heavy (non-hydrogen) atoms. The zero-order valence-electron chi connectivity index (χ0n) is 9.52. The van der Waals surface area contributed by atoms with E-state index in [0.717, 1.165) is 0 Å². The van der Waals surface area contributed by atoms with E-state index < -0.39 is 37.2 Å². The van der Waals surface area contributed by atoms with Crippen molar-refractivity contribution in [1.29, 1.82) is 0 Å². The monoisotopic (exact) mass is 321 g/mol. The molecular weight excluding hydrogens is 316 g/mol. The highest BCUT2D eigenvalue weighted by Crippen LogP contribution is 2.25. The SMILES string of the molecule is O=C(Nc1c(F)cc(S(=O)(=O)Cl)cc1F)c1ccn[nH]1. The Morgan fingerprint density at radius 3 is 2.35 bits per heavy atom. The van der Waals surface area contributed by atoms with Crippen molar-refractivity contribution in [1.82, 2.24) is 10.2 Å². The predicted octanol–water partition coefficient (Wildman–Crippen LogP) is 1.87. The molecule has 0 bridgehead atoms. The van der Waals surface area contributed by atoms with Gasteiger partial charge in [-0.2, -0.15) is 5.10 Å². The van der Waals surface area contributed by atoms with Gasteiger partial charge >= 0.3 is 0 Å². The highest BCUT2D eigenvalue weighted by Gasteiger charge is 2.20. The number of carbonyl (C=O) groups excluding carboxylic acids is 1. The molecule has 0 spiro atoms. The predicted molar refractivity (Wildman–Crippen MR) is 65.9 cm³/mol. The Hall–Kier alpha value is -2.00. The third-order valence-electron chi connectivity index (χ3n) is 2.28. The number of amides is 1. The Kier molecular flexibility index (Phi) is 3.73. The molecule has 1 aromatic heterocycles. The van der Waals surface area contributed by atoms with E-state index in [-0.39, 0.29) is 5.69 Å². The molecule has 106 valence electrons. The van der Waals surface area contributed by atoms with Crippen LogP contribution in [-0.2, 0) is 9.05 Å².